The van der Waals surface area contributed by atoms with E-state index in [9.17, 15) is 4.39 Å². The molecule has 1 aromatic heterocycles. The van der Waals surface area contributed by atoms with E-state index in [0.717, 1.165) is 18.7 Å². The van der Waals surface area contributed by atoms with Crippen LogP contribution in [-0.4, -0.2) is 11.5 Å². The smallest absolute Gasteiger partial charge is 0.219 e. The van der Waals surface area contributed by atoms with Gasteiger partial charge in [-0.3, -0.25) is 0 Å². The summed E-state index contributed by atoms with van der Waals surface area (Å²) < 4.78 is 18.6. The van der Waals surface area contributed by atoms with Gasteiger partial charge in [-0.25, -0.2) is 9.37 Å². The van der Waals surface area contributed by atoms with Gasteiger partial charge in [-0.2, -0.15) is 0 Å². The highest BCUT2D eigenvalue weighted by Gasteiger charge is 2.01. The van der Waals surface area contributed by atoms with Gasteiger partial charge in [0, 0.05) is 18.7 Å². The van der Waals surface area contributed by atoms with Crippen molar-refractivity contribution in [2.45, 2.75) is 19.9 Å². The van der Waals surface area contributed by atoms with E-state index in [1.807, 2.05) is 12.1 Å². The Labute approximate surface area is 112 Å². The lowest BCUT2D eigenvalue weighted by molar-refractivity contribution is 0.455. The maximum absolute atomic E-state index is 13.0. The number of hydrogen-bond donors (Lipinski definition) is 1. The first-order valence-electron chi connectivity index (χ1n) is 6.38. The summed E-state index contributed by atoms with van der Waals surface area (Å²) in [6.07, 6.45) is 1.08. The fourth-order valence-corrected chi connectivity index (χ4v) is 1.66. The summed E-state index contributed by atoms with van der Waals surface area (Å²) >= 11 is 0. The van der Waals surface area contributed by atoms with Crippen LogP contribution >= 0.6 is 0 Å². The maximum atomic E-state index is 13.0. The molecule has 0 aliphatic rings. The van der Waals surface area contributed by atoms with Gasteiger partial charge in [-0.1, -0.05) is 19.1 Å². The van der Waals surface area contributed by atoms with Crippen molar-refractivity contribution in [1.82, 2.24) is 10.3 Å². The molecule has 0 radical (unpaired) electrons. The first-order chi connectivity index (χ1) is 9.28. The average molecular weight is 260 g/mol. The molecule has 0 spiro atoms. The summed E-state index contributed by atoms with van der Waals surface area (Å²) in [6, 6.07) is 11.6. The van der Waals surface area contributed by atoms with Crippen molar-refractivity contribution in [3.8, 4) is 11.6 Å². The number of rotatable bonds is 6. The molecule has 1 heterocycles. The van der Waals surface area contributed by atoms with Gasteiger partial charge in [0.25, 0.3) is 0 Å². The second-order valence-electron chi connectivity index (χ2n) is 4.20. The Balaban J connectivity index is 2.02. The number of benzene rings is 1. The van der Waals surface area contributed by atoms with Crippen LogP contribution in [0.1, 0.15) is 19.0 Å². The Hall–Kier alpha value is -1.94. The van der Waals surface area contributed by atoms with Crippen molar-refractivity contribution in [3.63, 3.8) is 0 Å². The fraction of sp³-hybridized carbons (Fsp3) is 0.267. The van der Waals surface area contributed by atoms with Crippen molar-refractivity contribution < 1.29 is 9.13 Å². The van der Waals surface area contributed by atoms with Crippen molar-refractivity contribution in [1.29, 1.82) is 0 Å². The van der Waals surface area contributed by atoms with Crippen LogP contribution in [0.3, 0.4) is 0 Å². The number of nitrogens with one attached hydrogen (secondary N) is 1. The average Bonchev–Trinajstić information content (AvgIpc) is 2.39. The van der Waals surface area contributed by atoms with Crippen LogP contribution in [0.25, 0.3) is 0 Å². The molecule has 0 saturated carbocycles. The summed E-state index contributed by atoms with van der Waals surface area (Å²) in [5, 5.41) is 3.27. The lowest BCUT2D eigenvalue weighted by atomic mass is 10.3. The molecule has 0 saturated heterocycles. The fourth-order valence-electron chi connectivity index (χ4n) is 1.66. The quantitative estimate of drug-likeness (QED) is 0.807. The molecule has 2 aromatic rings. The van der Waals surface area contributed by atoms with E-state index in [0.29, 0.717) is 18.2 Å². The number of hydrogen-bond acceptors (Lipinski definition) is 3. The van der Waals surface area contributed by atoms with Crippen LogP contribution in [0.2, 0.25) is 0 Å². The number of halogens is 1. The second kappa shape index (κ2) is 6.85. The van der Waals surface area contributed by atoms with E-state index in [-0.39, 0.29) is 5.82 Å². The van der Waals surface area contributed by atoms with Gasteiger partial charge in [-0.15, -0.1) is 0 Å². The molecular weight excluding hydrogens is 243 g/mol. The summed E-state index contributed by atoms with van der Waals surface area (Å²) in [7, 11) is 0. The minimum absolute atomic E-state index is 0.321. The summed E-state index contributed by atoms with van der Waals surface area (Å²) in [4.78, 5) is 4.36. The van der Waals surface area contributed by atoms with Crippen molar-refractivity contribution in [2.24, 2.45) is 0 Å². The Kier molecular flexibility index (Phi) is 4.86. The lowest BCUT2D eigenvalue weighted by Gasteiger charge is -2.07. The Morgan fingerprint density at radius 3 is 2.84 bits per heavy atom. The molecule has 0 aliphatic carbocycles. The van der Waals surface area contributed by atoms with Gasteiger partial charge in [0.15, 0.2) is 0 Å². The minimum Gasteiger partial charge on any atom is -0.439 e. The molecule has 1 aromatic carbocycles. The zero-order valence-corrected chi connectivity index (χ0v) is 10.9. The highest BCUT2D eigenvalue weighted by atomic mass is 19.1. The zero-order chi connectivity index (χ0) is 13.5. The summed E-state index contributed by atoms with van der Waals surface area (Å²) in [5.74, 6) is 0.603. The van der Waals surface area contributed by atoms with E-state index in [4.69, 9.17) is 4.74 Å². The molecule has 0 atom stereocenters. The molecule has 100 valence electrons. The van der Waals surface area contributed by atoms with Gasteiger partial charge < -0.3 is 10.1 Å². The molecule has 0 aliphatic heterocycles. The van der Waals surface area contributed by atoms with E-state index in [1.54, 1.807) is 18.2 Å². The van der Waals surface area contributed by atoms with Crippen LogP contribution in [0, 0.1) is 5.82 Å². The number of ether oxygens (including phenoxy) is 1. The van der Waals surface area contributed by atoms with Gasteiger partial charge in [0.2, 0.25) is 5.88 Å². The van der Waals surface area contributed by atoms with E-state index >= 15 is 0 Å². The minimum atomic E-state index is -0.321. The first kappa shape index (κ1) is 13.5. The van der Waals surface area contributed by atoms with Gasteiger partial charge in [-0.05, 0) is 31.2 Å². The predicted molar refractivity (Wildman–Crippen MR) is 72.7 cm³/mol. The molecule has 2 rings (SSSR count). The predicted octanol–water partition coefficient (Wildman–Crippen LogP) is 3.51. The normalized spacial score (nSPS) is 10.4. The van der Waals surface area contributed by atoms with Crippen LogP contribution < -0.4 is 10.1 Å². The lowest BCUT2D eigenvalue weighted by Crippen LogP contribution is -2.14. The highest BCUT2D eigenvalue weighted by molar-refractivity contribution is 5.28. The molecule has 0 amide bonds. The standard InChI is InChI=1S/C15H17FN2O/c1-2-9-17-11-13-6-4-8-15(18-13)19-14-7-3-5-12(16)10-14/h3-8,10,17H,2,9,11H2,1H3. The van der Waals surface area contributed by atoms with Crippen LogP contribution in [-0.2, 0) is 6.54 Å². The summed E-state index contributed by atoms with van der Waals surface area (Å²) in [6.45, 7) is 3.77. The number of aromatic nitrogens is 1. The summed E-state index contributed by atoms with van der Waals surface area (Å²) in [5.41, 5.74) is 0.905. The third kappa shape index (κ3) is 4.34. The third-order valence-corrected chi connectivity index (χ3v) is 2.53. The van der Waals surface area contributed by atoms with E-state index < -0.39 is 0 Å². The molecule has 0 bridgehead atoms. The third-order valence-electron chi connectivity index (χ3n) is 2.53. The molecule has 3 nitrogen and oxygen atoms in total. The van der Waals surface area contributed by atoms with Gasteiger partial charge in [0.05, 0.1) is 5.69 Å². The van der Waals surface area contributed by atoms with Crippen LogP contribution in [0.4, 0.5) is 4.39 Å². The molecule has 0 fully saturated rings. The van der Waals surface area contributed by atoms with Gasteiger partial charge >= 0.3 is 0 Å². The van der Waals surface area contributed by atoms with Crippen molar-refractivity contribution in [2.75, 3.05) is 6.54 Å². The van der Waals surface area contributed by atoms with Gasteiger partial charge in [0.1, 0.15) is 11.6 Å². The Bertz CT molecular complexity index is 531. The zero-order valence-electron chi connectivity index (χ0n) is 10.9. The monoisotopic (exact) mass is 260 g/mol. The van der Waals surface area contributed by atoms with Crippen molar-refractivity contribution >= 4 is 0 Å². The Morgan fingerprint density at radius 1 is 1.21 bits per heavy atom. The maximum Gasteiger partial charge on any atom is 0.219 e. The molecule has 0 unspecified atom stereocenters. The molecule has 1 N–H and O–H groups in total. The number of nitrogens with zero attached hydrogens (tertiary/aromatic N) is 1. The van der Waals surface area contributed by atoms with Crippen LogP contribution in [0.15, 0.2) is 42.5 Å². The topological polar surface area (TPSA) is 34.1 Å². The highest BCUT2D eigenvalue weighted by Crippen LogP contribution is 2.20. The number of pyridine rings is 1. The Morgan fingerprint density at radius 2 is 2.05 bits per heavy atom. The van der Waals surface area contributed by atoms with Crippen LogP contribution in [0.5, 0.6) is 11.6 Å². The molecular formula is C15H17FN2O. The second-order valence-corrected chi connectivity index (χ2v) is 4.20. The van der Waals surface area contributed by atoms with Crippen molar-refractivity contribution in [3.05, 3.63) is 54.0 Å². The van der Waals surface area contributed by atoms with E-state index in [2.05, 4.69) is 17.2 Å². The molecule has 19 heavy (non-hydrogen) atoms. The largest absolute Gasteiger partial charge is 0.439 e. The first-order valence-corrected chi connectivity index (χ1v) is 6.38. The SMILES string of the molecule is CCCNCc1cccc(Oc2cccc(F)c2)n1. The van der Waals surface area contributed by atoms with E-state index in [1.165, 1.54) is 12.1 Å². The molecule has 4 heteroatoms.